The van der Waals surface area contributed by atoms with Crippen LogP contribution in [0, 0.1) is 0 Å². The Bertz CT molecular complexity index is 101. The first-order chi connectivity index (χ1) is 5.56. The molecule has 0 saturated carbocycles. The quantitative estimate of drug-likeness (QED) is 0.345. The molecule has 0 aromatic carbocycles. The molecular weight excluding hydrogens is 252 g/mol. The van der Waals surface area contributed by atoms with Crippen LogP contribution in [0.3, 0.4) is 0 Å². The lowest BCUT2D eigenvalue weighted by Crippen LogP contribution is -2.10. The van der Waals surface area contributed by atoms with Gasteiger partial charge in [-0.25, -0.2) is 0 Å². The molecule has 0 saturated heterocycles. The van der Waals surface area contributed by atoms with Gasteiger partial charge in [-0.15, -0.1) is 15.3 Å². The average molecular weight is 272 g/mol. The Kier molecular flexibility index (Phi) is 8.00. The zero-order valence-corrected chi connectivity index (χ0v) is 11.5. The molecule has 0 aliphatic rings. The Labute approximate surface area is 90.4 Å². The fraction of sp³-hybridized carbons (Fsp3) is 1.00. The molecule has 0 bridgehead atoms. The van der Waals surface area contributed by atoms with Crippen LogP contribution >= 0.6 is 26.4 Å². The van der Waals surface area contributed by atoms with Gasteiger partial charge >= 0.3 is 0 Å². The van der Waals surface area contributed by atoms with Gasteiger partial charge in [-0.1, -0.05) is 45.4 Å². The molecule has 1 unspecified atom stereocenters. The molecule has 0 aliphatic carbocycles. The molecule has 1 atom stereocenters. The van der Waals surface area contributed by atoms with Gasteiger partial charge in [-0.2, -0.15) is 11.1 Å². The molecule has 12 heavy (non-hydrogen) atoms. The third-order valence-corrected chi connectivity index (χ3v) is 4.96. The van der Waals surface area contributed by atoms with Gasteiger partial charge in [0.2, 0.25) is 6.00 Å². The first-order valence-corrected chi connectivity index (χ1v) is 10.9. The highest BCUT2D eigenvalue weighted by atomic mass is 79.9. The van der Waals surface area contributed by atoms with E-state index in [0.29, 0.717) is 0 Å². The highest BCUT2D eigenvalue weighted by Gasteiger charge is 2.18. The molecule has 0 aliphatic heterocycles. The van der Waals surface area contributed by atoms with Gasteiger partial charge in [0.15, 0.2) is 0 Å². The standard InChI is InChI=1S/C9H20BrClSi/c1-3-4-5-6-7-8-9-12(2,10)11/h3-9H2,1-2H3. The van der Waals surface area contributed by atoms with E-state index < -0.39 is 6.00 Å². The maximum absolute atomic E-state index is 6.13. The molecular formula is C9H20BrClSi. The molecule has 0 nitrogen and oxygen atoms in total. The molecule has 0 rings (SSSR count). The maximum atomic E-state index is 6.13. The van der Waals surface area contributed by atoms with Crippen LogP contribution in [0.5, 0.6) is 0 Å². The second-order valence-electron chi connectivity index (χ2n) is 3.59. The molecule has 0 aromatic rings. The molecule has 74 valence electrons. The predicted molar refractivity (Wildman–Crippen MR) is 64.6 cm³/mol. The SMILES string of the molecule is CCCCCCCC[Si](C)(Cl)Br. The summed E-state index contributed by atoms with van der Waals surface area (Å²) in [6.45, 7) is 4.40. The summed E-state index contributed by atoms with van der Waals surface area (Å²) in [5.74, 6) is 0. The molecule has 0 heterocycles. The van der Waals surface area contributed by atoms with E-state index in [1.54, 1.807) is 0 Å². The minimum atomic E-state index is -1.44. The summed E-state index contributed by atoms with van der Waals surface area (Å²) >= 11 is 9.69. The molecule has 0 fully saturated rings. The van der Waals surface area contributed by atoms with Crippen molar-refractivity contribution in [3.05, 3.63) is 0 Å². The Morgan fingerprint density at radius 3 is 2.08 bits per heavy atom. The normalized spacial score (nSPS) is 16.0. The van der Waals surface area contributed by atoms with Gasteiger partial charge in [0.25, 0.3) is 0 Å². The number of halogens is 2. The van der Waals surface area contributed by atoms with E-state index in [1.165, 1.54) is 44.6 Å². The van der Waals surface area contributed by atoms with E-state index in [-0.39, 0.29) is 0 Å². The van der Waals surface area contributed by atoms with Gasteiger partial charge in [0.05, 0.1) is 0 Å². The van der Waals surface area contributed by atoms with Crippen LogP contribution in [0.1, 0.15) is 45.4 Å². The number of rotatable bonds is 7. The summed E-state index contributed by atoms with van der Waals surface area (Å²) < 4.78 is 0. The maximum Gasteiger partial charge on any atom is 0.223 e. The molecule has 3 heteroatoms. The van der Waals surface area contributed by atoms with Gasteiger partial charge < -0.3 is 0 Å². The zero-order valence-electron chi connectivity index (χ0n) is 8.21. The average Bonchev–Trinajstić information content (AvgIpc) is 1.94. The molecule has 0 amide bonds. The Morgan fingerprint density at radius 1 is 1.08 bits per heavy atom. The lowest BCUT2D eigenvalue weighted by atomic mass is 10.1. The van der Waals surface area contributed by atoms with E-state index in [2.05, 4.69) is 28.8 Å². The van der Waals surface area contributed by atoms with Crippen LogP contribution in [0.25, 0.3) is 0 Å². The summed E-state index contributed by atoms with van der Waals surface area (Å²) in [5, 5.41) is 0. The van der Waals surface area contributed by atoms with Crippen LogP contribution < -0.4 is 0 Å². The summed E-state index contributed by atoms with van der Waals surface area (Å²) in [6.07, 6.45) is 8.19. The topological polar surface area (TPSA) is 0 Å². The van der Waals surface area contributed by atoms with Crippen molar-refractivity contribution in [3.8, 4) is 0 Å². The van der Waals surface area contributed by atoms with Crippen LogP contribution in [-0.4, -0.2) is 6.00 Å². The van der Waals surface area contributed by atoms with Crippen molar-refractivity contribution in [1.82, 2.24) is 0 Å². The Morgan fingerprint density at radius 2 is 1.58 bits per heavy atom. The summed E-state index contributed by atoms with van der Waals surface area (Å²) in [5.41, 5.74) is 0. The molecule has 0 spiro atoms. The Hall–Kier alpha value is 0.987. The number of hydrogen-bond donors (Lipinski definition) is 0. The first kappa shape index (κ1) is 13.0. The minimum Gasteiger partial charge on any atom is -0.152 e. The monoisotopic (exact) mass is 270 g/mol. The van der Waals surface area contributed by atoms with Crippen molar-refractivity contribution in [2.75, 3.05) is 0 Å². The predicted octanol–water partition coefficient (Wildman–Crippen LogP) is 5.05. The number of hydrogen-bond acceptors (Lipinski definition) is 0. The van der Waals surface area contributed by atoms with Gasteiger partial charge in [0.1, 0.15) is 0 Å². The van der Waals surface area contributed by atoms with Crippen LogP contribution in [0.15, 0.2) is 0 Å². The largest absolute Gasteiger partial charge is 0.223 e. The first-order valence-electron chi connectivity index (χ1n) is 4.94. The van der Waals surface area contributed by atoms with E-state index in [0.717, 1.165) is 0 Å². The van der Waals surface area contributed by atoms with Crippen molar-refractivity contribution in [2.45, 2.75) is 58.0 Å². The summed E-state index contributed by atoms with van der Waals surface area (Å²) in [6, 6.07) is -0.232. The fourth-order valence-corrected chi connectivity index (χ4v) is 3.33. The van der Waals surface area contributed by atoms with Crippen LogP contribution in [-0.2, 0) is 0 Å². The lowest BCUT2D eigenvalue weighted by molar-refractivity contribution is 0.623. The lowest BCUT2D eigenvalue weighted by Gasteiger charge is -2.09. The molecule has 0 N–H and O–H groups in total. The van der Waals surface area contributed by atoms with Gasteiger partial charge in [0, 0.05) is 0 Å². The van der Waals surface area contributed by atoms with Crippen molar-refractivity contribution in [2.24, 2.45) is 0 Å². The Balaban J connectivity index is 3.01. The molecule has 0 radical (unpaired) electrons. The summed E-state index contributed by atoms with van der Waals surface area (Å²) in [4.78, 5) is 0. The van der Waals surface area contributed by atoms with Gasteiger partial charge in [-0.3, -0.25) is 0 Å². The van der Waals surface area contributed by atoms with Gasteiger partial charge in [-0.05, 0) is 12.6 Å². The second-order valence-corrected chi connectivity index (χ2v) is 15.4. The van der Waals surface area contributed by atoms with Crippen LogP contribution in [0.4, 0.5) is 0 Å². The fourth-order valence-electron chi connectivity index (χ4n) is 1.22. The minimum absolute atomic E-state index is 1.21. The second kappa shape index (κ2) is 7.40. The zero-order chi connectivity index (χ0) is 9.45. The summed E-state index contributed by atoms with van der Waals surface area (Å²) in [7, 11) is 0. The van der Waals surface area contributed by atoms with E-state index >= 15 is 0 Å². The smallest absolute Gasteiger partial charge is 0.152 e. The third-order valence-electron chi connectivity index (χ3n) is 1.97. The molecule has 0 aromatic heterocycles. The van der Waals surface area contributed by atoms with Crippen molar-refractivity contribution >= 4 is 32.4 Å². The van der Waals surface area contributed by atoms with E-state index in [1.807, 2.05) is 0 Å². The van der Waals surface area contributed by atoms with E-state index in [4.69, 9.17) is 11.1 Å². The highest BCUT2D eigenvalue weighted by molar-refractivity contribution is 9.27. The van der Waals surface area contributed by atoms with Crippen molar-refractivity contribution in [3.63, 3.8) is 0 Å². The van der Waals surface area contributed by atoms with Crippen LogP contribution in [0.2, 0.25) is 12.6 Å². The highest BCUT2D eigenvalue weighted by Crippen LogP contribution is 2.25. The van der Waals surface area contributed by atoms with E-state index in [9.17, 15) is 0 Å². The third kappa shape index (κ3) is 11.0. The van der Waals surface area contributed by atoms with Crippen molar-refractivity contribution < 1.29 is 0 Å². The number of unbranched alkanes of at least 4 members (excludes halogenated alkanes) is 5. The van der Waals surface area contributed by atoms with Crippen molar-refractivity contribution in [1.29, 1.82) is 0 Å².